The van der Waals surface area contributed by atoms with Gasteiger partial charge in [-0.2, -0.15) is 0 Å². The van der Waals surface area contributed by atoms with Gasteiger partial charge < -0.3 is 19.7 Å². The highest BCUT2D eigenvalue weighted by Gasteiger charge is 2.22. The third-order valence-electron chi connectivity index (χ3n) is 5.11. The number of methoxy groups -OCH3 is 1. The summed E-state index contributed by atoms with van der Waals surface area (Å²) in [7, 11) is 5.97. The van der Waals surface area contributed by atoms with Crippen LogP contribution in [0.5, 0.6) is 0 Å². The molecule has 0 fully saturated rings. The van der Waals surface area contributed by atoms with Crippen LogP contribution in [0.15, 0.2) is 36.5 Å². The van der Waals surface area contributed by atoms with Gasteiger partial charge in [0.25, 0.3) is 0 Å². The summed E-state index contributed by atoms with van der Waals surface area (Å²) < 4.78 is 11.5. The molecule has 2 unspecified atom stereocenters. The van der Waals surface area contributed by atoms with Crippen molar-refractivity contribution in [3.63, 3.8) is 0 Å². The maximum atomic E-state index is 6.09. The molecule has 0 aliphatic carbocycles. The van der Waals surface area contributed by atoms with Crippen molar-refractivity contribution >= 4 is 10.9 Å². The Balaban J connectivity index is 1.70. The Bertz CT molecular complexity index is 672. The fourth-order valence-corrected chi connectivity index (χ4v) is 3.37. The van der Waals surface area contributed by atoms with Gasteiger partial charge in [0.2, 0.25) is 0 Å². The highest BCUT2D eigenvalue weighted by atomic mass is 16.5. The summed E-state index contributed by atoms with van der Waals surface area (Å²) in [5.41, 5.74) is 2.34. The van der Waals surface area contributed by atoms with Gasteiger partial charge in [-0.05, 0) is 65.0 Å². The molecule has 0 bridgehead atoms. The van der Waals surface area contributed by atoms with E-state index in [1.807, 2.05) is 12.3 Å². The van der Waals surface area contributed by atoms with E-state index < -0.39 is 0 Å². The average Bonchev–Trinajstić information content (AvgIpc) is 2.68. The number of pyridine rings is 1. The zero-order valence-electron chi connectivity index (χ0n) is 17.4. The first kappa shape index (κ1) is 21.8. The number of hydrogen-bond donors (Lipinski definition) is 1. The molecule has 0 radical (unpaired) electrons. The summed E-state index contributed by atoms with van der Waals surface area (Å²) in [6.07, 6.45) is 4.26. The maximum Gasteiger partial charge on any atom is 0.0705 e. The van der Waals surface area contributed by atoms with E-state index in [0.29, 0.717) is 6.04 Å². The molecule has 1 aromatic heterocycles. The van der Waals surface area contributed by atoms with E-state index >= 15 is 0 Å². The fraction of sp³-hybridized carbons (Fsp3) is 0.591. The van der Waals surface area contributed by atoms with Crippen LogP contribution in [0.1, 0.15) is 32.3 Å². The zero-order valence-corrected chi connectivity index (χ0v) is 17.4. The van der Waals surface area contributed by atoms with Gasteiger partial charge in [-0.3, -0.25) is 4.98 Å². The lowest BCUT2D eigenvalue weighted by Crippen LogP contribution is -2.41. The third-order valence-corrected chi connectivity index (χ3v) is 5.11. The van der Waals surface area contributed by atoms with E-state index in [0.717, 1.165) is 38.1 Å². The van der Waals surface area contributed by atoms with Crippen LogP contribution in [0.25, 0.3) is 10.9 Å². The van der Waals surface area contributed by atoms with Gasteiger partial charge in [0.05, 0.1) is 17.7 Å². The standard InChI is InChI=1S/C22H35N3O2/c1-17(26-5)15-22(25(3)4)18(2)27-14-8-12-23-16-19-11-13-24-21-10-7-6-9-20(19)21/h6-7,9-11,13,17-18,22-23H,8,12,14-16H2,1-5H3/t17?,18-,22?/m0/s1. The first-order valence-electron chi connectivity index (χ1n) is 9.87. The van der Waals surface area contributed by atoms with Crippen molar-refractivity contribution < 1.29 is 9.47 Å². The van der Waals surface area contributed by atoms with E-state index in [9.17, 15) is 0 Å². The number of nitrogens with zero attached hydrogens (tertiary/aromatic N) is 2. The van der Waals surface area contributed by atoms with Gasteiger partial charge >= 0.3 is 0 Å². The molecule has 1 N–H and O–H groups in total. The lowest BCUT2D eigenvalue weighted by atomic mass is 10.0. The molecule has 0 saturated carbocycles. The number of ether oxygens (including phenoxy) is 2. The number of hydrogen-bond acceptors (Lipinski definition) is 5. The van der Waals surface area contributed by atoms with Gasteiger partial charge in [0, 0.05) is 37.9 Å². The summed E-state index contributed by atoms with van der Waals surface area (Å²) in [4.78, 5) is 6.64. The van der Waals surface area contributed by atoms with E-state index in [2.05, 4.69) is 67.4 Å². The van der Waals surface area contributed by atoms with Crippen molar-refractivity contribution in [2.45, 2.75) is 51.5 Å². The van der Waals surface area contributed by atoms with Crippen LogP contribution in [0.2, 0.25) is 0 Å². The molecule has 27 heavy (non-hydrogen) atoms. The molecule has 5 nitrogen and oxygen atoms in total. The largest absolute Gasteiger partial charge is 0.382 e. The predicted molar refractivity (Wildman–Crippen MR) is 112 cm³/mol. The molecule has 5 heteroatoms. The summed E-state index contributed by atoms with van der Waals surface area (Å²) in [6, 6.07) is 10.7. The van der Waals surface area contributed by atoms with Gasteiger partial charge in [0.1, 0.15) is 0 Å². The molecule has 0 amide bonds. The van der Waals surface area contributed by atoms with E-state index in [1.165, 1.54) is 10.9 Å². The molecule has 150 valence electrons. The van der Waals surface area contributed by atoms with Crippen LogP contribution in [-0.4, -0.2) is 62.5 Å². The fourth-order valence-electron chi connectivity index (χ4n) is 3.37. The number of likely N-dealkylation sites (N-methyl/N-ethyl adjacent to an activating group) is 1. The molecule has 0 aliphatic rings. The number of aromatic nitrogens is 1. The molecule has 1 aromatic carbocycles. The maximum absolute atomic E-state index is 6.09. The van der Waals surface area contributed by atoms with Crippen molar-refractivity contribution in [2.75, 3.05) is 34.4 Å². The molecule has 1 heterocycles. The summed E-state index contributed by atoms with van der Waals surface area (Å²) in [6.45, 7) is 6.81. The lowest BCUT2D eigenvalue weighted by Gasteiger charge is -2.31. The second-order valence-corrected chi connectivity index (χ2v) is 7.41. The number of rotatable bonds is 12. The minimum Gasteiger partial charge on any atom is -0.382 e. The van der Waals surface area contributed by atoms with Gasteiger partial charge in [0.15, 0.2) is 0 Å². The van der Waals surface area contributed by atoms with Crippen molar-refractivity contribution in [3.05, 3.63) is 42.1 Å². The Labute approximate surface area is 164 Å². The van der Waals surface area contributed by atoms with E-state index in [-0.39, 0.29) is 12.2 Å². The molecule has 0 saturated heterocycles. The lowest BCUT2D eigenvalue weighted by molar-refractivity contribution is -0.0132. The third kappa shape index (κ3) is 6.85. The van der Waals surface area contributed by atoms with Crippen molar-refractivity contribution in [2.24, 2.45) is 0 Å². The molecule has 2 aromatic rings. The summed E-state index contributed by atoms with van der Waals surface area (Å²) >= 11 is 0. The Kier molecular flexibility index (Phi) is 9.15. The van der Waals surface area contributed by atoms with Crippen LogP contribution in [0.4, 0.5) is 0 Å². The summed E-state index contributed by atoms with van der Waals surface area (Å²) in [5, 5.41) is 4.74. The van der Waals surface area contributed by atoms with Gasteiger partial charge in [-0.25, -0.2) is 0 Å². The van der Waals surface area contributed by atoms with Crippen LogP contribution in [-0.2, 0) is 16.0 Å². The number of nitrogens with one attached hydrogen (secondary N) is 1. The van der Waals surface area contributed by atoms with Crippen molar-refractivity contribution in [1.82, 2.24) is 15.2 Å². The second kappa shape index (κ2) is 11.3. The Hall–Kier alpha value is -1.53. The van der Waals surface area contributed by atoms with Gasteiger partial charge in [-0.15, -0.1) is 0 Å². The Morgan fingerprint density at radius 2 is 1.93 bits per heavy atom. The SMILES string of the molecule is COC(C)CC([C@H](C)OCCCNCc1ccnc2ccccc12)N(C)C. The predicted octanol–water partition coefficient (Wildman–Crippen LogP) is 3.47. The second-order valence-electron chi connectivity index (χ2n) is 7.41. The molecule has 0 aliphatic heterocycles. The summed E-state index contributed by atoms with van der Waals surface area (Å²) in [5.74, 6) is 0. The molecular weight excluding hydrogens is 338 g/mol. The van der Waals surface area contributed by atoms with E-state index in [4.69, 9.17) is 9.47 Å². The quantitative estimate of drug-likeness (QED) is 0.577. The topological polar surface area (TPSA) is 46.6 Å². The normalized spacial score (nSPS) is 15.2. The van der Waals surface area contributed by atoms with Crippen LogP contribution >= 0.6 is 0 Å². The smallest absolute Gasteiger partial charge is 0.0705 e. The average molecular weight is 374 g/mol. The molecule has 3 atom stereocenters. The highest BCUT2D eigenvalue weighted by Crippen LogP contribution is 2.16. The first-order chi connectivity index (χ1) is 13.0. The Morgan fingerprint density at radius 1 is 1.15 bits per heavy atom. The van der Waals surface area contributed by atoms with Crippen LogP contribution in [0, 0.1) is 0 Å². The number of para-hydroxylation sites is 1. The van der Waals surface area contributed by atoms with Crippen LogP contribution < -0.4 is 5.32 Å². The zero-order chi connectivity index (χ0) is 19.6. The number of benzene rings is 1. The molecular formula is C22H35N3O2. The first-order valence-corrected chi connectivity index (χ1v) is 9.87. The number of fused-ring (bicyclic) bond motifs is 1. The van der Waals surface area contributed by atoms with Crippen molar-refractivity contribution in [1.29, 1.82) is 0 Å². The highest BCUT2D eigenvalue weighted by molar-refractivity contribution is 5.81. The van der Waals surface area contributed by atoms with Crippen molar-refractivity contribution in [3.8, 4) is 0 Å². The minimum atomic E-state index is 0.182. The van der Waals surface area contributed by atoms with Gasteiger partial charge in [-0.1, -0.05) is 18.2 Å². The Morgan fingerprint density at radius 3 is 2.67 bits per heavy atom. The van der Waals surface area contributed by atoms with E-state index in [1.54, 1.807) is 7.11 Å². The monoisotopic (exact) mass is 373 g/mol. The minimum absolute atomic E-state index is 0.182. The van der Waals surface area contributed by atoms with Crippen LogP contribution in [0.3, 0.4) is 0 Å². The molecule has 0 spiro atoms. The molecule has 2 rings (SSSR count).